The molecule has 1 atom stereocenters. The van der Waals surface area contributed by atoms with Crippen molar-refractivity contribution in [1.29, 1.82) is 0 Å². The number of rotatable bonds is 4. The molecule has 0 aliphatic carbocycles. The average Bonchev–Trinajstić information content (AvgIpc) is 2.57. The lowest BCUT2D eigenvalue weighted by Gasteiger charge is -2.22. The molecular weight excluding hydrogens is 267 g/mol. The second kappa shape index (κ2) is 5.94. The minimum absolute atomic E-state index is 0.109. The number of halogens is 1. The Morgan fingerprint density at radius 1 is 1.50 bits per heavy atom. The predicted molar refractivity (Wildman–Crippen MR) is 70.2 cm³/mol. The highest BCUT2D eigenvalue weighted by molar-refractivity contribution is 5.87. The van der Waals surface area contributed by atoms with Gasteiger partial charge < -0.3 is 19.7 Å². The number of nitrogens with zero attached hydrogens (tertiary/aromatic N) is 1. The third-order valence-electron chi connectivity index (χ3n) is 2.32. The van der Waals surface area contributed by atoms with Gasteiger partial charge in [0.2, 0.25) is 0 Å². The van der Waals surface area contributed by atoms with Crippen LogP contribution in [0.2, 0.25) is 0 Å². The first-order valence-electron chi connectivity index (χ1n) is 6.17. The van der Waals surface area contributed by atoms with Gasteiger partial charge in [-0.1, -0.05) is 0 Å². The number of alkyl carbamates (subject to hydrolysis) is 1. The summed E-state index contributed by atoms with van der Waals surface area (Å²) >= 11 is 0. The molecule has 1 heterocycles. The van der Waals surface area contributed by atoms with E-state index in [0.717, 1.165) is 10.6 Å². The van der Waals surface area contributed by atoms with Gasteiger partial charge in [-0.05, 0) is 27.7 Å². The van der Waals surface area contributed by atoms with E-state index in [-0.39, 0.29) is 12.1 Å². The Bertz CT molecular complexity index is 505. The molecule has 20 heavy (non-hydrogen) atoms. The van der Waals surface area contributed by atoms with Crippen molar-refractivity contribution in [2.24, 2.45) is 0 Å². The van der Waals surface area contributed by atoms with Gasteiger partial charge >= 0.3 is 12.1 Å². The minimum atomic E-state index is -1.20. The Labute approximate surface area is 116 Å². The summed E-state index contributed by atoms with van der Waals surface area (Å²) in [4.78, 5) is 22.2. The van der Waals surface area contributed by atoms with Gasteiger partial charge in [0.25, 0.3) is 0 Å². The summed E-state index contributed by atoms with van der Waals surface area (Å²) in [6, 6.07) is 0.524. The molecule has 7 heteroatoms. The number of carbonyl (C=O) groups is 2. The van der Waals surface area contributed by atoms with Crippen molar-refractivity contribution in [3.8, 4) is 0 Å². The van der Waals surface area contributed by atoms with Crippen LogP contribution in [0.3, 0.4) is 0 Å². The van der Waals surface area contributed by atoms with Crippen LogP contribution in [-0.4, -0.2) is 33.4 Å². The summed E-state index contributed by atoms with van der Waals surface area (Å²) in [6.07, 6.45) is 0.585. The number of aromatic nitrogens is 1. The topological polar surface area (TPSA) is 80.6 Å². The summed E-state index contributed by atoms with van der Waals surface area (Å²) < 4.78 is 19.7. The number of nitrogens with one attached hydrogen (secondary N) is 1. The van der Waals surface area contributed by atoms with Gasteiger partial charge in [-0.3, -0.25) is 0 Å². The number of aromatic carboxylic acids is 1. The first-order chi connectivity index (χ1) is 9.08. The SMILES string of the molecule is CC(Cn1cc(C(=O)O)cc1F)NC(=O)OC(C)(C)C. The van der Waals surface area contributed by atoms with Gasteiger partial charge in [-0.25, -0.2) is 9.59 Å². The molecule has 0 spiro atoms. The Kier molecular flexibility index (Phi) is 4.75. The predicted octanol–water partition coefficient (Wildman–Crippen LogP) is 2.24. The summed E-state index contributed by atoms with van der Waals surface area (Å²) in [5.74, 6) is -1.87. The number of ether oxygens (including phenoxy) is 1. The van der Waals surface area contributed by atoms with Crippen LogP contribution in [0.1, 0.15) is 38.1 Å². The zero-order valence-corrected chi connectivity index (χ0v) is 11.9. The smallest absolute Gasteiger partial charge is 0.407 e. The van der Waals surface area contributed by atoms with Crippen molar-refractivity contribution in [3.63, 3.8) is 0 Å². The average molecular weight is 286 g/mol. The normalized spacial score (nSPS) is 12.8. The fourth-order valence-electron chi connectivity index (χ4n) is 1.58. The molecule has 2 N–H and O–H groups in total. The van der Waals surface area contributed by atoms with E-state index in [1.54, 1.807) is 27.7 Å². The summed E-state index contributed by atoms with van der Waals surface area (Å²) in [5.41, 5.74) is -0.745. The van der Waals surface area contributed by atoms with Gasteiger partial charge in [0, 0.05) is 24.8 Å². The minimum Gasteiger partial charge on any atom is -0.478 e. The maximum atomic E-state index is 13.5. The van der Waals surface area contributed by atoms with Crippen molar-refractivity contribution >= 4 is 12.1 Å². The molecule has 1 unspecified atom stereocenters. The highest BCUT2D eigenvalue weighted by atomic mass is 19.1. The monoisotopic (exact) mass is 286 g/mol. The van der Waals surface area contributed by atoms with E-state index in [9.17, 15) is 14.0 Å². The van der Waals surface area contributed by atoms with Crippen molar-refractivity contribution in [2.75, 3.05) is 0 Å². The molecule has 112 valence electrons. The van der Waals surface area contributed by atoms with Crippen molar-refractivity contribution in [2.45, 2.75) is 45.9 Å². The number of hydrogen-bond acceptors (Lipinski definition) is 3. The zero-order chi connectivity index (χ0) is 15.5. The van der Waals surface area contributed by atoms with Crippen LogP contribution in [0, 0.1) is 5.95 Å². The molecule has 0 saturated heterocycles. The number of amides is 1. The zero-order valence-electron chi connectivity index (χ0n) is 11.9. The summed E-state index contributed by atoms with van der Waals surface area (Å²) in [6.45, 7) is 6.99. The summed E-state index contributed by atoms with van der Waals surface area (Å²) in [7, 11) is 0. The standard InChI is InChI=1S/C13H19FN2O4/c1-8(15-12(19)20-13(2,3)4)6-16-7-9(11(17)18)5-10(16)14/h5,7-8H,6H2,1-4H3,(H,15,19)(H,17,18). The van der Waals surface area contributed by atoms with E-state index in [1.165, 1.54) is 6.20 Å². The molecule has 0 aliphatic heterocycles. The molecule has 0 aliphatic rings. The number of hydrogen-bond donors (Lipinski definition) is 2. The second-order valence-corrected chi connectivity index (χ2v) is 5.56. The second-order valence-electron chi connectivity index (χ2n) is 5.56. The van der Waals surface area contributed by atoms with E-state index in [4.69, 9.17) is 9.84 Å². The molecule has 0 radical (unpaired) electrons. The van der Waals surface area contributed by atoms with Gasteiger partial charge in [0.1, 0.15) is 5.60 Å². The molecule has 0 aromatic carbocycles. The molecule has 1 aromatic rings. The molecule has 0 saturated carbocycles. The fourth-order valence-corrected chi connectivity index (χ4v) is 1.58. The first kappa shape index (κ1) is 16.0. The van der Waals surface area contributed by atoms with Crippen LogP contribution in [0.15, 0.2) is 12.3 Å². The molecule has 1 rings (SSSR count). The van der Waals surface area contributed by atoms with Crippen LogP contribution in [0.25, 0.3) is 0 Å². The fraction of sp³-hybridized carbons (Fsp3) is 0.538. The molecular formula is C13H19FN2O4. The third kappa shape index (κ3) is 4.91. The van der Waals surface area contributed by atoms with Crippen LogP contribution >= 0.6 is 0 Å². The lowest BCUT2D eigenvalue weighted by molar-refractivity contribution is 0.0502. The molecule has 0 fully saturated rings. The van der Waals surface area contributed by atoms with E-state index >= 15 is 0 Å². The Hall–Kier alpha value is -2.05. The lowest BCUT2D eigenvalue weighted by atomic mass is 10.2. The number of carboxylic acids is 1. The molecule has 1 aromatic heterocycles. The largest absolute Gasteiger partial charge is 0.478 e. The van der Waals surface area contributed by atoms with Crippen LogP contribution in [-0.2, 0) is 11.3 Å². The van der Waals surface area contributed by atoms with Gasteiger partial charge in [0.15, 0.2) is 5.95 Å². The summed E-state index contributed by atoms with van der Waals surface area (Å²) in [5, 5.41) is 11.3. The Morgan fingerprint density at radius 3 is 2.55 bits per heavy atom. The van der Waals surface area contributed by atoms with E-state index in [0.29, 0.717) is 0 Å². The molecule has 6 nitrogen and oxygen atoms in total. The van der Waals surface area contributed by atoms with E-state index in [2.05, 4.69) is 5.32 Å². The van der Waals surface area contributed by atoms with E-state index in [1.807, 2.05) is 0 Å². The van der Waals surface area contributed by atoms with Gasteiger partial charge in [-0.2, -0.15) is 4.39 Å². The van der Waals surface area contributed by atoms with E-state index < -0.39 is 29.7 Å². The first-order valence-corrected chi connectivity index (χ1v) is 6.17. The van der Waals surface area contributed by atoms with Crippen molar-refractivity contribution < 1.29 is 23.8 Å². The Balaban J connectivity index is 2.60. The number of carbonyl (C=O) groups excluding carboxylic acids is 1. The number of carboxylic acid groups (broad SMARTS) is 1. The van der Waals surface area contributed by atoms with Crippen LogP contribution in [0.5, 0.6) is 0 Å². The highest BCUT2D eigenvalue weighted by Gasteiger charge is 2.19. The van der Waals surface area contributed by atoms with Crippen molar-refractivity contribution in [1.82, 2.24) is 9.88 Å². The van der Waals surface area contributed by atoms with Crippen LogP contribution in [0.4, 0.5) is 9.18 Å². The van der Waals surface area contributed by atoms with Crippen molar-refractivity contribution in [3.05, 3.63) is 23.8 Å². The van der Waals surface area contributed by atoms with Gasteiger partial charge in [0.05, 0.1) is 5.56 Å². The maximum Gasteiger partial charge on any atom is 0.407 e. The van der Waals surface area contributed by atoms with Gasteiger partial charge in [-0.15, -0.1) is 0 Å². The molecule has 1 amide bonds. The third-order valence-corrected chi connectivity index (χ3v) is 2.32. The maximum absolute atomic E-state index is 13.5. The highest BCUT2D eigenvalue weighted by Crippen LogP contribution is 2.09. The Morgan fingerprint density at radius 2 is 2.10 bits per heavy atom. The van der Waals surface area contributed by atoms with Crippen LogP contribution < -0.4 is 5.32 Å². The molecule has 0 bridgehead atoms. The lowest BCUT2D eigenvalue weighted by Crippen LogP contribution is -2.39. The quantitative estimate of drug-likeness (QED) is 0.889.